The van der Waals surface area contributed by atoms with Crippen LogP contribution in [0.3, 0.4) is 0 Å². The van der Waals surface area contributed by atoms with Gasteiger partial charge in [0.1, 0.15) is 0 Å². The summed E-state index contributed by atoms with van der Waals surface area (Å²) >= 11 is 4.10. The number of hydrogen-bond acceptors (Lipinski definition) is 1. The fourth-order valence-corrected chi connectivity index (χ4v) is 0.440. The van der Waals surface area contributed by atoms with Gasteiger partial charge in [-0.05, 0) is 0 Å². The molecule has 0 aliphatic carbocycles. The molecule has 0 bridgehead atoms. The minimum absolute atomic E-state index is 2.70. The van der Waals surface area contributed by atoms with Crippen LogP contribution in [0.1, 0.15) is 0 Å². The maximum absolute atomic E-state index is 11.7. The fourth-order valence-electron chi connectivity index (χ4n) is 0.440. The van der Waals surface area contributed by atoms with Crippen LogP contribution in [0, 0.1) is 0 Å². The highest BCUT2D eigenvalue weighted by Crippen LogP contribution is 2.47. The molecule has 0 saturated heterocycles. The van der Waals surface area contributed by atoms with Crippen molar-refractivity contribution < 1.29 is 31.1 Å². The Morgan fingerprint density at radius 3 is 1.23 bits per heavy atom. The summed E-state index contributed by atoms with van der Waals surface area (Å²) in [5, 5.41) is 0. The molecule has 0 aliphatic heterocycles. The Morgan fingerprint density at radius 2 is 1.23 bits per heavy atom. The van der Waals surface area contributed by atoms with Gasteiger partial charge in [-0.2, -0.15) is 26.3 Å². The van der Waals surface area contributed by atoms with Crippen LogP contribution in [-0.2, 0) is 4.79 Å². The summed E-state index contributed by atoms with van der Waals surface area (Å²) < 4.78 is 70.2. The molecule has 0 unspecified atom stereocenters. The summed E-state index contributed by atoms with van der Waals surface area (Å²) in [5.74, 6) is -2.70. The number of halogens is 7. The first-order valence-electron chi connectivity index (χ1n) is 2.57. The topological polar surface area (TPSA) is 43.1 Å². The predicted molar refractivity (Wildman–Crippen MR) is 29.9 cm³/mol. The Morgan fingerprint density at radius 1 is 1.00 bits per heavy atom. The van der Waals surface area contributed by atoms with Crippen LogP contribution in [0.2, 0.25) is 0 Å². The SMILES string of the molecule is NC(=O)C(Cl)(C(F)(F)F)C(F)(F)F. The summed E-state index contributed by atoms with van der Waals surface area (Å²) in [7, 11) is 0. The van der Waals surface area contributed by atoms with Crippen LogP contribution in [0.4, 0.5) is 26.3 Å². The quantitative estimate of drug-likeness (QED) is 0.538. The van der Waals surface area contributed by atoms with Crippen molar-refractivity contribution in [2.24, 2.45) is 5.73 Å². The zero-order valence-electron chi connectivity index (χ0n) is 5.63. The molecule has 0 rings (SSSR count). The Labute approximate surface area is 72.6 Å². The van der Waals surface area contributed by atoms with Gasteiger partial charge < -0.3 is 5.73 Å². The first kappa shape index (κ1) is 12.3. The second kappa shape index (κ2) is 2.93. The molecule has 0 aromatic carbocycles. The molecule has 13 heavy (non-hydrogen) atoms. The van der Waals surface area contributed by atoms with Crippen LogP contribution in [0.25, 0.3) is 0 Å². The van der Waals surface area contributed by atoms with Gasteiger partial charge in [0, 0.05) is 0 Å². The average molecular weight is 230 g/mol. The van der Waals surface area contributed by atoms with Crippen molar-refractivity contribution in [2.75, 3.05) is 0 Å². The largest absolute Gasteiger partial charge is 0.425 e. The summed E-state index contributed by atoms with van der Waals surface area (Å²) in [4.78, 5) is 4.95. The van der Waals surface area contributed by atoms with Crippen molar-refractivity contribution in [1.82, 2.24) is 0 Å². The molecule has 78 valence electrons. The molecule has 0 atom stereocenters. The van der Waals surface area contributed by atoms with Crippen LogP contribution in [-0.4, -0.2) is 23.1 Å². The number of alkyl halides is 7. The minimum Gasteiger partial charge on any atom is -0.368 e. The molecule has 2 nitrogen and oxygen atoms in total. The second-order valence-corrected chi connectivity index (χ2v) is 2.59. The van der Waals surface area contributed by atoms with Gasteiger partial charge in [-0.15, -0.1) is 0 Å². The molecule has 0 spiro atoms. The van der Waals surface area contributed by atoms with Gasteiger partial charge in [0.2, 0.25) is 0 Å². The van der Waals surface area contributed by atoms with E-state index in [1.165, 1.54) is 0 Å². The van der Waals surface area contributed by atoms with Gasteiger partial charge in [0.15, 0.2) is 0 Å². The van der Waals surface area contributed by atoms with E-state index >= 15 is 0 Å². The summed E-state index contributed by atoms with van der Waals surface area (Å²) in [5.41, 5.74) is 3.93. The molecular formula is C4H2ClF6NO. The molecule has 9 heteroatoms. The average Bonchev–Trinajstić information content (AvgIpc) is 1.80. The highest BCUT2D eigenvalue weighted by molar-refractivity contribution is 6.36. The van der Waals surface area contributed by atoms with Gasteiger partial charge in [-0.25, -0.2) is 0 Å². The molecule has 0 fully saturated rings. The highest BCUT2D eigenvalue weighted by atomic mass is 35.5. The minimum atomic E-state index is -5.97. The molecule has 0 aliphatic rings. The lowest BCUT2D eigenvalue weighted by Gasteiger charge is -2.28. The van der Waals surface area contributed by atoms with Crippen LogP contribution < -0.4 is 5.73 Å². The number of carbonyl (C=O) groups is 1. The van der Waals surface area contributed by atoms with Crippen molar-refractivity contribution in [1.29, 1.82) is 0 Å². The van der Waals surface area contributed by atoms with Crippen LogP contribution in [0.5, 0.6) is 0 Å². The first-order chi connectivity index (χ1) is 5.44. The number of nitrogens with two attached hydrogens (primary N) is 1. The molecular weight excluding hydrogens is 227 g/mol. The molecule has 0 aromatic rings. The zero-order valence-corrected chi connectivity index (χ0v) is 6.39. The van der Waals surface area contributed by atoms with Crippen molar-refractivity contribution in [3.05, 3.63) is 0 Å². The van der Waals surface area contributed by atoms with E-state index in [2.05, 4.69) is 17.3 Å². The smallest absolute Gasteiger partial charge is 0.368 e. The Hall–Kier alpha value is -0.660. The van der Waals surface area contributed by atoms with Crippen molar-refractivity contribution >= 4 is 17.5 Å². The van der Waals surface area contributed by atoms with E-state index in [1.54, 1.807) is 0 Å². The Bertz CT molecular complexity index is 206. The van der Waals surface area contributed by atoms with Crippen LogP contribution in [0.15, 0.2) is 0 Å². The Kier molecular flexibility index (Phi) is 2.78. The number of hydrogen-bond donors (Lipinski definition) is 1. The van der Waals surface area contributed by atoms with E-state index in [0.717, 1.165) is 0 Å². The number of amides is 1. The van der Waals surface area contributed by atoms with Gasteiger partial charge in [0.25, 0.3) is 5.91 Å². The maximum atomic E-state index is 11.7. The summed E-state index contributed by atoms with van der Waals surface area (Å²) in [6.45, 7) is 0. The third-order valence-corrected chi connectivity index (χ3v) is 1.74. The van der Waals surface area contributed by atoms with Gasteiger partial charge in [0.05, 0.1) is 0 Å². The van der Waals surface area contributed by atoms with Gasteiger partial charge in [-0.1, -0.05) is 11.6 Å². The van der Waals surface area contributed by atoms with Gasteiger partial charge in [-0.3, -0.25) is 4.79 Å². The van der Waals surface area contributed by atoms with Crippen LogP contribution >= 0.6 is 11.6 Å². The molecule has 1 amide bonds. The van der Waals surface area contributed by atoms with Crippen molar-refractivity contribution in [2.45, 2.75) is 17.2 Å². The fraction of sp³-hybridized carbons (Fsp3) is 0.750. The second-order valence-electron chi connectivity index (χ2n) is 2.02. The van der Waals surface area contributed by atoms with Crippen molar-refractivity contribution in [3.8, 4) is 0 Å². The zero-order chi connectivity index (χ0) is 11.1. The van der Waals surface area contributed by atoms with E-state index in [0.29, 0.717) is 0 Å². The summed E-state index contributed by atoms with van der Waals surface area (Å²) in [6.07, 6.45) is -11.9. The predicted octanol–water partition coefficient (Wildman–Crippen LogP) is 1.57. The maximum Gasteiger partial charge on any atom is 0.425 e. The highest BCUT2D eigenvalue weighted by Gasteiger charge is 2.74. The molecule has 0 radical (unpaired) electrons. The number of primary amides is 1. The Balaban J connectivity index is 5.35. The standard InChI is InChI=1S/C4H2ClF6NO/c5-2(1(12)13,3(6,7)8)4(9,10)11/h(H2,12,13). The molecule has 2 N–H and O–H groups in total. The molecule has 0 aromatic heterocycles. The van der Waals surface area contributed by atoms with E-state index in [4.69, 9.17) is 0 Å². The number of carbonyl (C=O) groups excluding carboxylic acids is 1. The third-order valence-electron chi connectivity index (χ3n) is 1.12. The van der Waals surface area contributed by atoms with E-state index in [9.17, 15) is 31.1 Å². The monoisotopic (exact) mass is 229 g/mol. The molecule has 0 saturated carbocycles. The van der Waals surface area contributed by atoms with E-state index in [-0.39, 0.29) is 0 Å². The van der Waals surface area contributed by atoms with E-state index < -0.39 is 23.1 Å². The van der Waals surface area contributed by atoms with Crippen molar-refractivity contribution in [3.63, 3.8) is 0 Å². The third kappa shape index (κ3) is 1.82. The lowest BCUT2D eigenvalue weighted by atomic mass is 10.1. The first-order valence-corrected chi connectivity index (χ1v) is 2.94. The summed E-state index contributed by atoms with van der Waals surface area (Å²) in [6, 6.07) is 0. The lowest BCUT2D eigenvalue weighted by Crippen LogP contribution is -2.60. The number of rotatable bonds is 1. The van der Waals surface area contributed by atoms with E-state index in [1.807, 2.05) is 0 Å². The van der Waals surface area contributed by atoms with Gasteiger partial charge >= 0.3 is 17.2 Å². The lowest BCUT2D eigenvalue weighted by molar-refractivity contribution is -0.259. The molecule has 0 heterocycles. The normalized spacial score (nSPS) is 14.4.